The fourth-order valence-electron chi connectivity index (χ4n) is 2.36. The highest BCUT2D eigenvalue weighted by atomic mass is 14.2. The van der Waals surface area contributed by atoms with E-state index in [9.17, 15) is 0 Å². The molecule has 0 saturated carbocycles. The average Bonchev–Trinajstić information content (AvgIpc) is 2.28. The summed E-state index contributed by atoms with van der Waals surface area (Å²) in [6, 6.07) is 0. The molecule has 0 N–H and O–H groups in total. The van der Waals surface area contributed by atoms with Crippen LogP contribution in [-0.4, -0.2) is 0 Å². The third-order valence-electron chi connectivity index (χ3n) is 3.55. The van der Waals surface area contributed by atoms with Crippen LogP contribution in [-0.2, 0) is 0 Å². The normalized spacial score (nSPS) is 15.5. The van der Waals surface area contributed by atoms with Gasteiger partial charge in [-0.25, -0.2) is 0 Å². The minimum absolute atomic E-state index is 0.811. The summed E-state index contributed by atoms with van der Waals surface area (Å²) >= 11 is 0. The molecule has 0 aromatic heterocycles. The Balaban J connectivity index is 3.70. The lowest BCUT2D eigenvalue weighted by Gasteiger charge is -2.18. The molecule has 0 heteroatoms. The van der Waals surface area contributed by atoms with Crippen molar-refractivity contribution in [2.45, 2.75) is 79.1 Å². The number of allylic oxidation sites excluding steroid dienone is 2. The van der Waals surface area contributed by atoms with Gasteiger partial charge in [0.25, 0.3) is 0 Å². The molecule has 2 unspecified atom stereocenters. The zero-order valence-electron chi connectivity index (χ0n) is 12.0. The van der Waals surface area contributed by atoms with Crippen LogP contribution in [0.4, 0.5) is 0 Å². The van der Waals surface area contributed by atoms with E-state index in [1.54, 1.807) is 0 Å². The Hall–Kier alpha value is -0.260. The molecule has 0 bridgehead atoms. The number of hydrogen-bond donors (Lipinski definition) is 0. The van der Waals surface area contributed by atoms with E-state index in [-0.39, 0.29) is 0 Å². The summed E-state index contributed by atoms with van der Waals surface area (Å²) in [6.07, 6.45) is 15.7. The summed E-state index contributed by atoms with van der Waals surface area (Å²) in [5, 5.41) is 0. The van der Waals surface area contributed by atoms with Crippen molar-refractivity contribution in [2.24, 2.45) is 11.8 Å². The molecule has 96 valence electrons. The Morgan fingerprint density at radius 2 is 1.69 bits per heavy atom. The van der Waals surface area contributed by atoms with E-state index >= 15 is 0 Å². The van der Waals surface area contributed by atoms with Gasteiger partial charge in [0.15, 0.2) is 0 Å². The fraction of sp³-hybridized carbons (Fsp3) is 0.875. The van der Waals surface area contributed by atoms with E-state index in [4.69, 9.17) is 0 Å². The molecule has 0 nitrogen and oxygen atoms in total. The van der Waals surface area contributed by atoms with Crippen molar-refractivity contribution in [3.05, 3.63) is 12.2 Å². The quantitative estimate of drug-likeness (QED) is 0.316. The maximum atomic E-state index is 2.48. The second-order valence-electron chi connectivity index (χ2n) is 5.12. The van der Waals surface area contributed by atoms with Crippen LogP contribution in [0.15, 0.2) is 12.2 Å². The van der Waals surface area contributed by atoms with Crippen LogP contribution in [0.2, 0.25) is 0 Å². The fourth-order valence-corrected chi connectivity index (χ4v) is 2.36. The molecule has 0 heterocycles. The number of rotatable bonds is 10. The minimum Gasteiger partial charge on any atom is -0.0883 e. The van der Waals surface area contributed by atoms with Crippen molar-refractivity contribution >= 4 is 0 Å². The molecule has 2 atom stereocenters. The van der Waals surface area contributed by atoms with Crippen LogP contribution in [0.1, 0.15) is 79.1 Å². The number of unbranched alkanes of at least 4 members (excludes halogenated alkanes) is 4. The van der Waals surface area contributed by atoms with Crippen molar-refractivity contribution in [3.8, 4) is 0 Å². The predicted octanol–water partition coefficient (Wildman–Crippen LogP) is 5.98. The second-order valence-corrected chi connectivity index (χ2v) is 5.12. The predicted molar refractivity (Wildman–Crippen MR) is 75.8 cm³/mol. The van der Waals surface area contributed by atoms with Gasteiger partial charge < -0.3 is 0 Å². The first-order valence-corrected chi connectivity index (χ1v) is 7.42. The Kier molecular flexibility index (Phi) is 11.0. The summed E-state index contributed by atoms with van der Waals surface area (Å²) in [4.78, 5) is 0. The van der Waals surface area contributed by atoms with Crippen molar-refractivity contribution in [2.75, 3.05) is 0 Å². The van der Waals surface area contributed by atoms with E-state index in [2.05, 4.69) is 39.8 Å². The molecular formula is C16H32. The molecular weight excluding hydrogens is 192 g/mol. The number of hydrogen-bond acceptors (Lipinski definition) is 0. The molecule has 0 aliphatic rings. The van der Waals surface area contributed by atoms with Crippen molar-refractivity contribution in [1.82, 2.24) is 0 Å². The van der Waals surface area contributed by atoms with Gasteiger partial charge in [-0.15, -0.1) is 0 Å². The van der Waals surface area contributed by atoms with Gasteiger partial charge in [0.1, 0.15) is 0 Å². The van der Waals surface area contributed by atoms with E-state index < -0.39 is 0 Å². The van der Waals surface area contributed by atoms with Crippen LogP contribution in [0.3, 0.4) is 0 Å². The summed E-state index contributed by atoms with van der Waals surface area (Å²) in [5.74, 6) is 1.67. The van der Waals surface area contributed by atoms with Crippen LogP contribution in [0.5, 0.6) is 0 Å². The van der Waals surface area contributed by atoms with Crippen molar-refractivity contribution in [1.29, 1.82) is 0 Å². The Labute approximate surface area is 104 Å². The van der Waals surface area contributed by atoms with E-state index in [1.807, 2.05) is 0 Å². The van der Waals surface area contributed by atoms with Gasteiger partial charge in [-0.05, 0) is 31.1 Å². The summed E-state index contributed by atoms with van der Waals surface area (Å²) in [5.41, 5.74) is 0. The van der Waals surface area contributed by atoms with Gasteiger partial charge in [0.05, 0.1) is 0 Å². The Morgan fingerprint density at radius 1 is 0.938 bits per heavy atom. The van der Waals surface area contributed by atoms with Crippen LogP contribution < -0.4 is 0 Å². The monoisotopic (exact) mass is 224 g/mol. The van der Waals surface area contributed by atoms with E-state index in [0.717, 1.165) is 11.8 Å². The molecule has 0 rings (SSSR count). The lowest BCUT2D eigenvalue weighted by atomic mass is 9.87. The summed E-state index contributed by atoms with van der Waals surface area (Å²) in [6.45, 7) is 9.28. The first-order valence-electron chi connectivity index (χ1n) is 7.42. The lowest BCUT2D eigenvalue weighted by Crippen LogP contribution is -2.07. The molecule has 0 saturated heterocycles. The Bertz CT molecular complexity index is 157. The molecule has 0 amide bonds. The van der Waals surface area contributed by atoms with Crippen molar-refractivity contribution in [3.63, 3.8) is 0 Å². The minimum atomic E-state index is 0.811. The summed E-state index contributed by atoms with van der Waals surface area (Å²) < 4.78 is 0. The van der Waals surface area contributed by atoms with Crippen LogP contribution >= 0.6 is 0 Å². The molecule has 0 aliphatic carbocycles. The van der Waals surface area contributed by atoms with Gasteiger partial charge in [-0.1, -0.05) is 72.0 Å². The standard InChI is InChI=1S/C16H32/c1-5-8-9-10-11-12-14-16(7-3)15(4)13-6-2/h12,14-16H,5-11,13H2,1-4H3. The van der Waals surface area contributed by atoms with Gasteiger partial charge in [0.2, 0.25) is 0 Å². The molecule has 0 aliphatic heterocycles. The third-order valence-corrected chi connectivity index (χ3v) is 3.55. The molecule has 0 radical (unpaired) electrons. The topological polar surface area (TPSA) is 0 Å². The smallest absolute Gasteiger partial charge is 0.0210 e. The molecule has 0 aromatic carbocycles. The van der Waals surface area contributed by atoms with Gasteiger partial charge in [-0.3, -0.25) is 0 Å². The SMILES string of the molecule is CCCCCCC=CC(CC)C(C)CCC. The van der Waals surface area contributed by atoms with Gasteiger partial charge in [0, 0.05) is 0 Å². The molecule has 0 fully saturated rings. The third kappa shape index (κ3) is 7.96. The second kappa shape index (κ2) is 11.2. The first-order chi connectivity index (χ1) is 7.76. The maximum absolute atomic E-state index is 2.48. The largest absolute Gasteiger partial charge is 0.0883 e. The lowest BCUT2D eigenvalue weighted by molar-refractivity contribution is 0.387. The highest BCUT2D eigenvalue weighted by Gasteiger charge is 2.10. The van der Waals surface area contributed by atoms with E-state index in [1.165, 1.54) is 51.4 Å². The highest BCUT2D eigenvalue weighted by Crippen LogP contribution is 2.22. The zero-order valence-corrected chi connectivity index (χ0v) is 12.0. The molecule has 0 spiro atoms. The van der Waals surface area contributed by atoms with Crippen molar-refractivity contribution < 1.29 is 0 Å². The maximum Gasteiger partial charge on any atom is -0.0210 e. The average molecular weight is 224 g/mol. The Morgan fingerprint density at radius 3 is 2.25 bits per heavy atom. The van der Waals surface area contributed by atoms with Gasteiger partial charge in [-0.2, -0.15) is 0 Å². The van der Waals surface area contributed by atoms with Gasteiger partial charge >= 0.3 is 0 Å². The highest BCUT2D eigenvalue weighted by molar-refractivity contribution is 4.90. The summed E-state index contributed by atoms with van der Waals surface area (Å²) in [7, 11) is 0. The molecule has 16 heavy (non-hydrogen) atoms. The van der Waals surface area contributed by atoms with E-state index in [0.29, 0.717) is 0 Å². The van der Waals surface area contributed by atoms with Crippen LogP contribution in [0, 0.1) is 11.8 Å². The molecule has 0 aromatic rings. The first kappa shape index (κ1) is 15.7. The van der Waals surface area contributed by atoms with Crippen LogP contribution in [0.25, 0.3) is 0 Å². The zero-order chi connectivity index (χ0) is 12.2.